The second kappa shape index (κ2) is 8.33. The van der Waals surface area contributed by atoms with Gasteiger partial charge in [0, 0.05) is 6.92 Å². The van der Waals surface area contributed by atoms with Crippen LogP contribution >= 0.6 is 11.6 Å². The molecule has 1 unspecified atom stereocenters. The standard InChI is InChI=1S/C4H8O2.C3H5ClO2/c1-3-6-4(2)5;1-2(4)3(5)6/h3H2,1-2H3;2H,1H3,(H,5,6). The summed E-state index contributed by atoms with van der Waals surface area (Å²) in [5.74, 6) is -1.19. The van der Waals surface area contributed by atoms with Gasteiger partial charge in [-0.3, -0.25) is 9.59 Å². The number of hydrogen-bond acceptors (Lipinski definition) is 3. The van der Waals surface area contributed by atoms with E-state index in [-0.39, 0.29) is 5.97 Å². The molecule has 0 bridgehead atoms. The first-order valence-electron chi connectivity index (χ1n) is 3.42. The molecule has 0 spiro atoms. The van der Waals surface area contributed by atoms with Crippen LogP contribution in [0.4, 0.5) is 0 Å². The van der Waals surface area contributed by atoms with E-state index < -0.39 is 11.3 Å². The van der Waals surface area contributed by atoms with Crippen molar-refractivity contribution in [1.29, 1.82) is 0 Å². The molecule has 72 valence electrons. The summed E-state index contributed by atoms with van der Waals surface area (Å²) in [4.78, 5) is 19.4. The number of aliphatic carboxylic acids is 1. The lowest BCUT2D eigenvalue weighted by molar-refractivity contribution is -0.140. The van der Waals surface area contributed by atoms with Crippen molar-refractivity contribution >= 4 is 23.5 Å². The molecule has 0 aliphatic heterocycles. The Morgan fingerprint density at radius 2 is 1.92 bits per heavy atom. The SMILES string of the molecule is CC(Cl)C(=O)O.CCOC(C)=O. The summed E-state index contributed by atoms with van der Waals surface area (Å²) in [6.45, 7) is 5.06. The molecule has 0 aromatic rings. The van der Waals surface area contributed by atoms with Gasteiger partial charge in [-0.25, -0.2) is 0 Å². The molecular weight excluding hydrogens is 184 g/mol. The van der Waals surface area contributed by atoms with Gasteiger partial charge < -0.3 is 9.84 Å². The normalized spacial score (nSPS) is 10.7. The number of rotatable bonds is 2. The minimum absolute atomic E-state index is 0.211. The van der Waals surface area contributed by atoms with Gasteiger partial charge in [-0.05, 0) is 13.8 Å². The molecule has 0 rings (SSSR count). The second-order valence-corrected chi connectivity index (χ2v) is 2.53. The van der Waals surface area contributed by atoms with Gasteiger partial charge in [0.25, 0.3) is 0 Å². The third kappa shape index (κ3) is 16.1. The van der Waals surface area contributed by atoms with E-state index in [0.717, 1.165) is 0 Å². The van der Waals surface area contributed by atoms with E-state index in [9.17, 15) is 9.59 Å². The van der Waals surface area contributed by atoms with Crippen molar-refractivity contribution < 1.29 is 19.4 Å². The van der Waals surface area contributed by atoms with Gasteiger partial charge >= 0.3 is 11.9 Å². The quantitative estimate of drug-likeness (QED) is 0.534. The maximum absolute atomic E-state index is 9.82. The Hall–Kier alpha value is -0.770. The Labute approximate surface area is 76.5 Å². The average molecular weight is 197 g/mol. The summed E-state index contributed by atoms with van der Waals surface area (Å²) in [5, 5.41) is 7.10. The summed E-state index contributed by atoms with van der Waals surface area (Å²) in [6, 6.07) is 0. The number of carbonyl (C=O) groups excluding carboxylic acids is 1. The minimum Gasteiger partial charge on any atom is -0.480 e. The van der Waals surface area contributed by atoms with Gasteiger partial charge in [0.15, 0.2) is 0 Å². The molecule has 12 heavy (non-hydrogen) atoms. The van der Waals surface area contributed by atoms with Crippen molar-refractivity contribution in [3.05, 3.63) is 0 Å². The van der Waals surface area contributed by atoms with Crippen LogP contribution in [0.15, 0.2) is 0 Å². The first kappa shape index (κ1) is 13.8. The molecule has 1 atom stereocenters. The monoisotopic (exact) mass is 196 g/mol. The van der Waals surface area contributed by atoms with Crippen LogP contribution in [0.1, 0.15) is 20.8 Å². The molecule has 0 saturated heterocycles. The Bertz CT molecular complexity index is 144. The molecular formula is C7H13ClO4. The van der Waals surface area contributed by atoms with E-state index in [0.29, 0.717) is 6.61 Å². The van der Waals surface area contributed by atoms with Crippen molar-refractivity contribution in [2.75, 3.05) is 6.61 Å². The predicted octanol–water partition coefficient (Wildman–Crippen LogP) is 1.27. The van der Waals surface area contributed by atoms with Crippen molar-refractivity contribution in [2.24, 2.45) is 0 Å². The zero-order chi connectivity index (χ0) is 10.1. The van der Waals surface area contributed by atoms with Crippen LogP contribution in [0.25, 0.3) is 0 Å². The summed E-state index contributed by atoms with van der Waals surface area (Å²) >= 11 is 5.01. The lowest BCUT2D eigenvalue weighted by atomic mass is 10.5. The first-order valence-corrected chi connectivity index (χ1v) is 3.85. The van der Waals surface area contributed by atoms with Crippen LogP contribution in [-0.2, 0) is 14.3 Å². The van der Waals surface area contributed by atoms with Gasteiger partial charge in [-0.15, -0.1) is 11.6 Å². The number of carboxylic acids is 1. The average Bonchev–Trinajstić information content (AvgIpc) is 1.87. The van der Waals surface area contributed by atoms with Crippen LogP contribution < -0.4 is 0 Å². The Kier molecular flexibility index (Phi) is 9.57. The van der Waals surface area contributed by atoms with E-state index in [1.54, 1.807) is 6.92 Å². The van der Waals surface area contributed by atoms with E-state index in [1.807, 2.05) is 0 Å². The molecule has 0 aliphatic rings. The number of esters is 1. The number of alkyl halides is 1. The lowest BCUT2D eigenvalue weighted by Crippen LogP contribution is -2.06. The van der Waals surface area contributed by atoms with Crippen molar-refractivity contribution in [3.8, 4) is 0 Å². The lowest BCUT2D eigenvalue weighted by Gasteiger charge is -1.89. The fraction of sp³-hybridized carbons (Fsp3) is 0.714. The molecule has 4 nitrogen and oxygen atoms in total. The van der Waals surface area contributed by atoms with E-state index >= 15 is 0 Å². The molecule has 1 N–H and O–H groups in total. The Balaban J connectivity index is 0. The first-order chi connectivity index (χ1) is 5.41. The number of ether oxygens (including phenoxy) is 1. The van der Waals surface area contributed by atoms with Crippen LogP contribution in [0.2, 0.25) is 0 Å². The number of carboxylic acid groups (broad SMARTS) is 1. The molecule has 0 saturated carbocycles. The third-order valence-electron chi connectivity index (χ3n) is 0.688. The van der Waals surface area contributed by atoms with Gasteiger partial charge in [0.1, 0.15) is 5.38 Å². The molecule has 5 heteroatoms. The minimum atomic E-state index is -0.975. The van der Waals surface area contributed by atoms with Gasteiger partial charge in [0.05, 0.1) is 6.61 Å². The summed E-state index contributed by atoms with van der Waals surface area (Å²) in [6.07, 6.45) is 0. The molecule has 0 aliphatic carbocycles. The summed E-state index contributed by atoms with van der Waals surface area (Å²) in [7, 11) is 0. The highest BCUT2D eigenvalue weighted by Crippen LogP contribution is 1.89. The second-order valence-electron chi connectivity index (χ2n) is 1.88. The van der Waals surface area contributed by atoms with Crippen LogP contribution in [0.3, 0.4) is 0 Å². The predicted molar refractivity (Wildman–Crippen MR) is 45.3 cm³/mol. The highest BCUT2D eigenvalue weighted by atomic mass is 35.5. The molecule has 0 amide bonds. The maximum Gasteiger partial charge on any atom is 0.321 e. The number of carbonyl (C=O) groups is 2. The van der Waals surface area contributed by atoms with Crippen molar-refractivity contribution in [1.82, 2.24) is 0 Å². The molecule has 0 fully saturated rings. The van der Waals surface area contributed by atoms with E-state index in [1.165, 1.54) is 13.8 Å². The topological polar surface area (TPSA) is 63.6 Å². The largest absolute Gasteiger partial charge is 0.480 e. The fourth-order valence-electron chi connectivity index (χ4n) is 0.203. The number of halogens is 1. The fourth-order valence-corrected chi connectivity index (χ4v) is 0.203. The third-order valence-corrected chi connectivity index (χ3v) is 0.875. The zero-order valence-corrected chi connectivity index (χ0v) is 8.09. The molecule has 0 heterocycles. The highest BCUT2D eigenvalue weighted by Gasteiger charge is 2.02. The van der Waals surface area contributed by atoms with Gasteiger partial charge in [-0.2, -0.15) is 0 Å². The van der Waals surface area contributed by atoms with Crippen LogP contribution in [-0.4, -0.2) is 29.0 Å². The van der Waals surface area contributed by atoms with Crippen molar-refractivity contribution in [3.63, 3.8) is 0 Å². The van der Waals surface area contributed by atoms with Crippen molar-refractivity contribution in [2.45, 2.75) is 26.1 Å². The van der Waals surface area contributed by atoms with E-state index in [4.69, 9.17) is 16.7 Å². The van der Waals surface area contributed by atoms with E-state index in [2.05, 4.69) is 4.74 Å². The van der Waals surface area contributed by atoms with Gasteiger partial charge in [-0.1, -0.05) is 0 Å². The highest BCUT2D eigenvalue weighted by molar-refractivity contribution is 6.29. The van der Waals surface area contributed by atoms with Crippen LogP contribution in [0.5, 0.6) is 0 Å². The maximum atomic E-state index is 9.82. The smallest absolute Gasteiger partial charge is 0.321 e. The summed E-state index contributed by atoms with van der Waals surface area (Å²) in [5.41, 5.74) is 0. The molecule has 0 radical (unpaired) electrons. The van der Waals surface area contributed by atoms with Gasteiger partial charge in [0.2, 0.25) is 0 Å². The number of hydrogen-bond donors (Lipinski definition) is 1. The zero-order valence-electron chi connectivity index (χ0n) is 7.33. The van der Waals surface area contributed by atoms with Crippen LogP contribution in [0, 0.1) is 0 Å². The molecule has 0 aromatic heterocycles. The Morgan fingerprint density at radius 3 is 1.92 bits per heavy atom. The summed E-state index contributed by atoms with van der Waals surface area (Å²) < 4.78 is 4.40. The Morgan fingerprint density at radius 1 is 1.58 bits per heavy atom. The molecule has 0 aromatic carbocycles.